The van der Waals surface area contributed by atoms with E-state index in [1.165, 1.54) is 57.9 Å². The first kappa shape index (κ1) is 33.8. The van der Waals surface area contributed by atoms with Crippen molar-refractivity contribution >= 4 is 17.1 Å². The number of anilines is 1. The second-order valence-corrected chi connectivity index (χ2v) is 14.5. The smallest absolute Gasteiger partial charge is 0.209 e. The van der Waals surface area contributed by atoms with Crippen molar-refractivity contribution in [2.24, 2.45) is 0 Å². The molecule has 0 amide bonds. The Balaban J connectivity index is 1.45. The number of para-hydroxylation sites is 3. The molecule has 48 heavy (non-hydrogen) atoms. The van der Waals surface area contributed by atoms with Crippen LogP contribution in [0.15, 0.2) is 126 Å². The van der Waals surface area contributed by atoms with Gasteiger partial charge in [-0.15, -0.1) is 0 Å². The quantitative estimate of drug-likeness (QED) is 0.183. The maximum Gasteiger partial charge on any atom is 0.209 e. The van der Waals surface area contributed by atoms with Gasteiger partial charge < -0.3 is 9.64 Å². The van der Waals surface area contributed by atoms with E-state index in [0.717, 1.165) is 63.1 Å². The van der Waals surface area contributed by atoms with Gasteiger partial charge in [-0.2, -0.15) is 4.58 Å². The summed E-state index contributed by atoms with van der Waals surface area (Å²) >= 11 is 0. The van der Waals surface area contributed by atoms with Gasteiger partial charge in [-0.25, -0.2) is 0 Å². The Labute approximate surface area is 290 Å². The number of unbranched alkanes of at least 4 members (excludes halogenated alkanes) is 1. The van der Waals surface area contributed by atoms with Gasteiger partial charge in [0.25, 0.3) is 0 Å². The van der Waals surface area contributed by atoms with Gasteiger partial charge in [-0.3, -0.25) is 0 Å². The summed E-state index contributed by atoms with van der Waals surface area (Å²) in [5.74, 6) is 1.91. The molecule has 0 aromatic heterocycles. The van der Waals surface area contributed by atoms with Gasteiger partial charge in [0.05, 0.1) is 5.41 Å². The molecule has 3 aliphatic rings. The number of nitrogens with zero attached hydrogens (tertiary/aromatic N) is 2. The minimum atomic E-state index is -0.0659. The van der Waals surface area contributed by atoms with E-state index in [2.05, 4.69) is 154 Å². The van der Waals surface area contributed by atoms with E-state index in [9.17, 15) is 0 Å². The first-order valence-electron chi connectivity index (χ1n) is 18.5. The number of hydrogen-bond acceptors (Lipinski definition) is 2. The zero-order chi connectivity index (χ0) is 33.7. The van der Waals surface area contributed by atoms with Crippen LogP contribution in [0, 0.1) is 0 Å². The summed E-state index contributed by atoms with van der Waals surface area (Å²) in [4.78, 5) is 2.58. The fraction of sp³-hybridized carbons (Fsp3) is 0.400. The Bertz CT molecular complexity index is 1770. The van der Waals surface area contributed by atoms with Crippen molar-refractivity contribution in [3.8, 4) is 5.75 Å². The molecule has 2 heterocycles. The van der Waals surface area contributed by atoms with Crippen molar-refractivity contribution < 1.29 is 9.31 Å². The SMILES string of the molecule is CCCC[N+]1=C(/C=C/C2=C(Oc3ccccc3)C(=C/C=C3/N(CCC)c4ccccc4C3(C)CCC)/CCC2)C(C)(C)c2ccccc21. The second kappa shape index (κ2) is 14.6. The first-order valence-corrected chi connectivity index (χ1v) is 18.5. The molecule has 1 aliphatic carbocycles. The van der Waals surface area contributed by atoms with Crippen LogP contribution >= 0.6 is 0 Å². The minimum absolute atomic E-state index is 0.0131. The summed E-state index contributed by atoms with van der Waals surface area (Å²) in [5.41, 5.74) is 10.9. The monoisotopic (exact) mass is 639 g/mol. The number of allylic oxidation sites excluding steroid dienone is 7. The summed E-state index contributed by atoms with van der Waals surface area (Å²) in [6.07, 6.45) is 18.4. The zero-order valence-corrected chi connectivity index (χ0v) is 30.2. The van der Waals surface area contributed by atoms with Crippen LogP contribution in [0.1, 0.15) is 104 Å². The maximum atomic E-state index is 6.85. The van der Waals surface area contributed by atoms with Crippen LogP contribution in [-0.4, -0.2) is 23.4 Å². The van der Waals surface area contributed by atoms with Gasteiger partial charge >= 0.3 is 0 Å². The fourth-order valence-corrected chi connectivity index (χ4v) is 8.26. The van der Waals surface area contributed by atoms with Crippen LogP contribution in [0.25, 0.3) is 0 Å². The van der Waals surface area contributed by atoms with E-state index in [1.807, 2.05) is 0 Å². The van der Waals surface area contributed by atoms with Crippen LogP contribution in [0.5, 0.6) is 5.75 Å². The molecule has 3 aromatic carbocycles. The van der Waals surface area contributed by atoms with Gasteiger partial charge in [0.2, 0.25) is 5.69 Å². The molecule has 6 rings (SSSR count). The molecule has 3 nitrogen and oxygen atoms in total. The van der Waals surface area contributed by atoms with Crippen LogP contribution in [0.3, 0.4) is 0 Å². The Morgan fingerprint density at radius 3 is 2.25 bits per heavy atom. The average molecular weight is 640 g/mol. The highest BCUT2D eigenvalue weighted by Gasteiger charge is 2.44. The molecule has 3 aromatic rings. The van der Waals surface area contributed by atoms with Gasteiger partial charge in [0.1, 0.15) is 18.1 Å². The molecular formula is C45H55N2O+. The highest BCUT2D eigenvalue weighted by Crippen LogP contribution is 2.50. The summed E-state index contributed by atoms with van der Waals surface area (Å²) in [5, 5.41) is 0. The van der Waals surface area contributed by atoms with Crippen molar-refractivity contribution in [1.82, 2.24) is 0 Å². The van der Waals surface area contributed by atoms with Crippen molar-refractivity contribution in [2.75, 3.05) is 18.0 Å². The number of ether oxygens (including phenoxy) is 1. The van der Waals surface area contributed by atoms with Gasteiger partial charge in [0.15, 0.2) is 5.71 Å². The van der Waals surface area contributed by atoms with E-state index < -0.39 is 0 Å². The second-order valence-electron chi connectivity index (χ2n) is 14.5. The third kappa shape index (κ3) is 6.37. The number of benzene rings is 3. The largest absolute Gasteiger partial charge is 0.457 e. The first-order chi connectivity index (χ1) is 23.3. The maximum absolute atomic E-state index is 6.85. The molecule has 3 heteroatoms. The molecule has 1 unspecified atom stereocenters. The zero-order valence-electron chi connectivity index (χ0n) is 30.2. The average Bonchev–Trinajstić information content (AvgIpc) is 3.46. The van der Waals surface area contributed by atoms with E-state index in [1.54, 1.807) is 0 Å². The molecule has 2 aliphatic heterocycles. The number of fused-ring (bicyclic) bond motifs is 2. The highest BCUT2D eigenvalue weighted by atomic mass is 16.5. The summed E-state index contributed by atoms with van der Waals surface area (Å²) in [6, 6.07) is 28.3. The molecule has 0 radical (unpaired) electrons. The predicted molar refractivity (Wildman–Crippen MR) is 204 cm³/mol. The molecule has 0 N–H and O–H groups in total. The third-order valence-corrected chi connectivity index (χ3v) is 10.7. The lowest BCUT2D eigenvalue weighted by Gasteiger charge is -2.30. The molecule has 0 fully saturated rings. The predicted octanol–water partition coefficient (Wildman–Crippen LogP) is 11.7. The van der Waals surface area contributed by atoms with Crippen molar-refractivity contribution in [1.29, 1.82) is 0 Å². The molecule has 0 saturated carbocycles. The van der Waals surface area contributed by atoms with Crippen molar-refractivity contribution in [3.63, 3.8) is 0 Å². The van der Waals surface area contributed by atoms with Gasteiger partial charge in [0, 0.05) is 47.5 Å². The Morgan fingerprint density at radius 1 is 0.771 bits per heavy atom. The number of rotatable bonds is 12. The van der Waals surface area contributed by atoms with Gasteiger partial charge in [-0.05, 0) is 99.9 Å². The summed E-state index contributed by atoms with van der Waals surface area (Å²) < 4.78 is 9.41. The van der Waals surface area contributed by atoms with E-state index in [4.69, 9.17) is 4.74 Å². The Hall–Kier alpha value is -4.11. The molecule has 0 saturated heterocycles. The standard InChI is InChI=1S/C45H55N2O/c1-7-10-33-47-39-25-16-14-23-37(39)44(4,5)41(47)29-27-34-19-18-20-35(43(34)48-36-21-12-11-13-22-36)28-30-42-45(6,31-8-2)38-24-15-17-26-40(38)46(42)32-9-3/h11-17,21-30H,7-10,18-20,31-33H2,1-6H3/q+1. The van der Waals surface area contributed by atoms with Crippen LogP contribution < -0.4 is 9.64 Å². The fourth-order valence-electron chi connectivity index (χ4n) is 8.26. The van der Waals surface area contributed by atoms with Crippen molar-refractivity contribution in [2.45, 2.75) is 104 Å². The number of hydrogen-bond donors (Lipinski definition) is 0. The Kier molecular flexibility index (Phi) is 10.2. The molecule has 1 atom stereocenters. The minimum Gasteiger partial charge on any atom is -0.457 e. The molecule has 0 spiro atoms. The normalized spacial score (nSPS) is 21.9. The Morgan fingerprint density at radius 2 is 1.50 bits per heavy atom. The van der Waals surface area contributed by atoms with Gasteiger partial charge in [-0.1, -0.05) is 94.3 Å². The highest BCUT2D eigenvalue weighted by molar-refractivity contribution is 6.03. The van der Waals surface area contributed by atoms with Crippen LogP contribution in [0.4, 0.5) is 11.4 Å². The summed E-state index contributed by atoms with van der Waals surface area (Å²) in [6.45, 7) is 16.1. The lowest BCUT2D eigenvalue weighted by molar-refractivity contribution is -0.438. The van der Waals surface area contributed by atoms with E-state index in [-0.39, 0.29) is 10.8 Å². The van der Waals surface area contributed by atoms with E-state index >= 15 is 0 Å². The molecule has 0 bridgehead atoms. The lowest BCUT2D eigenvalue weighted by Crippen LogP contribution is -2.29. The van der Waals surface area contributed by atoms with Crippen LogP contribution in [-0.2, 0) is 10.8 Å². The lowest BCUT2D eigenvalue weighted by atomic mass is 9.77. The molecular weight excluding hydrogens is 585 g/mol. The van der Waals surface area contributed by atoms with Crippen molar-refractivity contribution in [3.05, 3.63) is 137 Å². The third-order valence-electron chi connectivity index (χ3n) is 10.7. The molecule has 250 valence electrons. The van der Waals surface area contributed by atoms with E-state index in [0.29, 0.717) is 0 Å². The topological polar surface area (TPSA) is 15.5 Å². The van der Waals surface area contributed by atoms with Crippen LogP contribution in [0.2, 0.25) is 0 Å². The summed E-state index contributed by atoms with van der Waals surface area (Å²) in [7, 11) is 0.